The lowest BCUT2D eigenvalue weighted by Crippen LogP contribution is -2.56. The first-order valence-corrected chi connectivity index (χ1v) is 5.89. The topological polar surface area (TPSA) is 34.3 Å². The van der Waals surface area contributed by atoms with Crippen LogP contribution in [-0.4, -0.2) is 73.7 Å². The molecule has 3 aliphatic rings. The standard InChI is InChI=1S/C10H20N4O/c1-2-12-6-11-7-14(4-10-5-15-10)9-13(3-1)8-12/h10-11H,1-9H2. The van der Waals surface area contributed by atoms with Crippen molar-refractivity contribution in [2.75, 3.05) is 52.9 Å². The molecule has 0 radical (unpaired) electrons. The lowest BCUT2D eigenvalue weighted by atomic mass is 10.3. The zero-order valence-corrected chi connectivity index (χ0v) is 9.19. The highest BCUT2D eigenvalue weighted by Gasteiger charge is 2.28. The molecular formula is C10H20N4O. The third kappa shape index (κ3) is 2.68. The molecule has 0 aromatic rings. The van der Waals surface area contributed by atoms with Crippen LogP contribution >= 0.6 is 0 Å². The first-order valence-electron chi connectivity index (χ1n) is 5.89. The van der Waals surface area contributed by atoms with Gasteiger partial charge >= 0.3 is 0 Å². The summed E-state index contributed by atoms with van der Waals surface area (Å²) in [6, 6.07) is 0. The van der Waals surface area contributed by atoms with Crippen molar-refractivity contribution in [1.82, 2.24) is 20.0 Å². The minimum Gasteiger partial charge on any atom is -0.372 e. The second-order valence-electron chi connectivity index (χ2n) is 4.80. The molecule has 3 fully saturated rings. The summed E-state index contributed by atoms with van der Waals surface area (Å²) in [6.45, 7) is 8.77. The number of ether oxygens (including phenoxy) is 1. The van der Waals surface area contributed by atoms with Crippen LogP contribution < -0.4 is 5.32 Å². The van der Waals surface area contributed by atoms with E-state index in [1.54, 1.807) is 0 Å². The Kier molecular flexibility index (Phi) is 2.90. The minimum atomic E-state index is 0.507. The molecule has 0 spiro atoms. The molecule has 86 valence electrons. The summed E-state index contributed by atoms with van der Waals surface area (Å²) in [5.41, 5.74) is 0. The molecule has 0 aromatic heterocycles. The summed E-state index contributed by atoms with van der Waals surface area (Å²) in [4.78, 5) is 7.47. The fourth-order valence-electron chi connectivity index (χ4n) is 2.47. The normalized spacial score (nSPS) is 42.0. The highest BCUT2D eigenvalue weighted by atomic mass is 16.6. The molecule has 3 atom stereocenters. The summed E-state index contributed by atoms with van der Waals surface area (Å²) in [7, 11) is 0. The SMILES string of the molecule is C1CN2CNCN(CC3CO3)CN(C1)C2. The number of hydrogen-bond acceptors (Lipinski definition) is 5. The van der Waals surface area contributed by atoms with Gasteiger partial charge in [0.25, 0.3) is 0 Å². The van der Waals surface area contributed by atoms with Crippen LogP contribution in [0.15, 0.2) is 0 Å². The smallest absolute Gasteiger partial charge is 0.0937 e. The monoisotopic (exact) mass is 212 g/mol. The third-order valence-corrected chi connectivity index (χ3v) is 3.28. The van der Waals surface area contributed by atoms with E-state index in [-0.39, 0.29) is 0 Å². The average molecular weight is 212 g/mol. The summed E-state index contributed by atoms with van der Waals surface area (Å²) >= 11 is 0. The van der Waals surface area contributed by atoms with Crippen LogP contribution in [0.2, 0.25) is 0 Å². The Balaban J connectivity index is 1.56. The number of rotatable bonds is 2. The van der Waals surface area contributed by atoms with E-state index < -0.39 is 0 Å². The van der Waals surface area contributed by atoms with Gasteiger partial charge in [0.15, 0.2) is 0 Å². The Labute approximate surface area is 90.9 Å². The Morgan fingerprint density at radius 2 is 2.00 bits per heavy atom. The summed E-state index contributed by atoms with van der Waals surface area (Å²) in [5, 5.41) is 3.50. The molecule has 0 aromatic carbocycles. The van der Waals surface area contributed by atoms with E-state index in [0.29, 0.717) is 6.10 Å². The maximum atomic E-state index is 5.29. The molecule has 3 saturated heterocycles. The molecule has 0 aliphatic carbocycles. The predicted octanol–water partition coefficient (Wildman–Crippen LogP) is -0.872. The van der Waals surface area contributed by atoms with Crippen LogP contribution in [0.25, 0.3) is 0 Å². The van der Waals surface area contributed by atoms with E-state index >= 15 is 0 Å². The van der Waals surface area contributed by atoms with Gasteiger partial charge in [-0.15, -0.1) is 0 Å². The highest BCUT2D eigenvalue weighted by molar-refractivity contribution is 4.77. The minimum absolute atomic E-state index is 0.507. The van der Waals surface area contributed by atoms with E-state index in [1.807, 2.05) is 0 Å². The molecule has 3 rings (SSSR count). The molecule has 3 unspecified atom stereocenters. The van der Waals surface area contributed by atoms with E-state index in [9.17, 15) is 0 Å². The van der Waals surface area contributed by atoms with Gasteiger partial charge in [0.2, 0.25) is 0 Å². The van der Waals surface area contributed by atoms with Gasteiger partial charge in [0.05, 0.1) is 39.4 Å². The lowest BCUT2D eigenvalue weighted by Gasteiger charge is -2.41. The van der Waals surface area contributed by atoms with Gasteiger partial charge in [0.1, 0.15) is 0 Å². The summed E-state index contributed by atoms with van der Waals surface area (Å²) in [6.07, 6.45) is 1.81. The van der Waals surface area contributed by atoms with Gasteiger partial charge in [-0.2, -0.15) is 0 Å². The molecule has 0 saturated carbocycles. The lowest BCUT2D eigenvalue weighted by molar-refractivity contribution is 0.00337. The van der Waals surface area contributed by atoms with Gasteiger partial charge in [-0.05, 0) is 6.42 Å². The average Bonchev–Trinajstić information content (AvgIpc) is 3.00. The van der Waals surface area contributed by atoms with E-state index in [1.165, 1.54) is 19.5 Å². The van der Waals surface area contributed by atoms with Gasteiger partial charge in [-0.1, -0.05) is 0 Å². The second kappa shape index (κ2) is 4.35. The van der Waals surface area contributed by atoms with Crippen molar-refractivity contribution >= 4 is 0 Å². The van der Waals surface area contributed by atoms with Crippen molar-refractivity contribution in [3.63, 3.8) is 0 Å². The first kappa shape index (κ1) is 9.99. The maximum absolute atomic E-state index is 5.29. The summed E-state index contributed by atoms with van der Waals surface area (Å²) in [5.74, 6) is 0. The molecular weight excluding hydrogens is 192 g/mol. The van der Waals surface area contributed by atoms with Crippen LogP contribution in [0.5, 0.6) is 0 Å². The second-order valence-corrected chi connectivity index (χ2v) is 4.80. The van der Waals surface area contributed by atoms with Crippen molar-refractivity contribution < 1.29 is 4.74 Å². The number of epoxide rings is 1. The van der Waals surface area contributed by atoms with Crippen LogP contribution in [0.3, 0.4) is 0 Å². The van der Waals surface area contributed by atoms with Gasteiger partial charge in [0, 0.05) is 19.6 Å². The highest BCUT2D eigenvalue weighted by Crippen LogP contribution is 2.13. The van der Waals surface area contributed by atoms with Gasteiger partial charge < -0.3 is 4.74 Å². The third-order valence-electron chi connectivity index (χ3n) is 3.28. The van der Waals surface area contributed by atoms with Crippen molar-refractivity contribution in [2.45, 2.75) is 12.5 Å². The van der Waals surface area contributed by atoms with E-state index in [0.717, 1.165) is 39.8 Å². The molecule has 0 amide bonds. The van der Waals surface area contributed by atoms with Crippen molar-refractivity contribution in [2.24, 2.45) is 0 Å². The molecule has 3 aliphatic heterocycles. The van der Waals surface area contributed by atoms with E-state index in [4.69, 9.17) is 4.74 Å². The van der Waals surface area contributed by atoms with Crippen LogP contribution in [0.4, 0.5) is 0 Å². The van der Waals surface area contributed by atoms with Crippen LogP contribution in [0.1, 0.15) is 6.42 Å². The molecule has 1 N–H and O–H groups in total. The summed E-state index contributed by atoms with van der Waals surface area (Å²) < 4.78 is 5.29. The van der Waals surface area contributed by atoms with E-state index in [2.05, 4.69) is 20.0 Å². The number of nitrogens with one attached hydrogen (secondary N) is 1. The zero-order valence-electron chi connectivity index (χ0n) is 9.19. The van der Waals surface area contributed by atoms with Crippen molar-refractivity contribution in [3.05, 3.63) is 0 Å². The first-order chi connectivity index (χ1) is 7.40. The van der Waals surface area contributed by atoms with Gasteiger partial charge in [-0.3, -0.25) is 20.0 Å². The number of nitrogens with zero attached hydrogens (tertiary/aromatic N) is 3. The Bertz CT molecular complexity index is 221. The van der Waals surface area contributed by atoms with Crippen molar-refractivity contribution in [3.8, 4) is 0 Å². The Hall–Kier alpha value is -0.200. The Morgan fingerprint density at radius 1 is 1.13 bits per heavy atom. The van der Waals surface area contributed by atoms with Crippen molar-refractivity contribution in [1.29, 1.82) is 0 Å². The van der Waals surface area contributed by atoms with Crippen LogP contribution in [-0.2, 0) is 4.74 Å². The zero-order chi connectivity index (χ0) is 10.1. The van der Waals surface area contributed by atoms with Gasteiger partial charge in [-0.25, -0.2) is 0 Å². The molecule has 2 bridgehead atoms. The fraction of sp³-hybridized carbons (Fsp3) is 1.00. The molecule has 15 heavy (non-hydrogen) atoms. The molecule has 5 heteroatoms. The fourth-order valence-corrected chi connectivity index (χ4v) is 2.47. The molecule has 3 heterocycles. The number of hydrogen-bond donors (Lipinski definition) is 1. The largest absolute Gasteiger partial charge is 0.372 e. The number of fused-ring (bicyclic) bond motifs is 2. The quantitative estimate of drug-likeness (QED) is 0.602. The Morgan fingerprint density at radius 3 is 2.87 bits per heavy atom. The molecule has 5 nitrogen and oxygen atoms in total. The predicted molar refractivity (Wildman–Crippen MR) is 57.1 cm³/mol. The maximum Gasteiger partial charge on any atom is 0.0937 e. The van der Waals surface area contributed by atoms with Crippen LogP contribution in [0, 0.1) is 0 Å².